The molecule has 1 aliphatic rings. The van der Waals surface area contributed by atoms with Gasteiger partial charge in [0, 0.05) is 12.8 Å². The number of carboxylic acid groups (broad SMARTS) is 1. The van der Waals surface area contributed by atoms with Crippen LogP contribution in [0.5, 0.6) is 0 Å². The molecule has 2 rings (SSSR count). The van der Waals surface area contributed by atoms with Crippen LogP contribution in [0.15, 0.2) is 42.0 Å². The minimum Gasteiger partial charge on any atom is -0.478 e. The van der Waals surface area contributed by atoms with Gasteiger partial charge in [-0.15, -0.1) is 0 Å². The molecule has 0 radical (unpaired) electrons. The van der Waals surface area contributed by atoms with Gasteiger partial charge in [-0.25, -0.2) is 13.6 Å². The van der Waals surface area contributed by atoms with Crippen LogP contribution in [0.3, 0.4) is 0 Å². The number of carboxylic acids is 1. The highest BCUT2D eigenvalue weighted by molar-refractivity contribution is 5.95. The number of hydrogen-bond acceptors (Lipinski definition) is 1. The zero-order chi connectivity index (χ0) is 17.7. The van der Waals surface area contributed by atoms with Gasteiger partial charge in [0.15, 0.2) is 0 Å². The molecule has 0 amide bonds. The highest BCUT2D eigenvalue weighted by atomic mass is 19.3. The van der Waals surface area contributed by atoms with E-state index >= 15 is 0 Å². The molecule has 0 unspecified atom stereocenters. The van der Waals surface area contributed by atoms with E-state index in [4.69, 9.17) is 0 Å². The van der Waals surface area contributed by atoms with E-state index in [0.717, 1.165) is 28.7 Å². The average molecular weight is 332 g/mol. The average Bonchev–Trinajstić information content (AvgIpc) is 2.53. The van der Waals surface area contributed by atoms with Gasteiger partial charge in [-0.1, -0.05) is 43.4 Å². The standard InChI is InChI=1S/C20H22F2O2/c1-3-4-6-17(19(23)24)13-16-7-5-8-18(14(16)2)15-9-11-20(21,22)12-10-15/h4-9,13H,3,10-12H2,1-2H3,(H,23,24)/b6-4+,17-13+. The molecule has 0 spiro atoms. The second-order valence-electron chi connectivity index (χ2n) is 6.02. The number of benzene rings is 1. The van der Waals surface area contributed by atoms with Crippen LogP contribution in [0.1, 0.15) is 49.3 Å². The summed E-state index contributed by atoms with van der Waals surface area (Å²) in [6.45, 7) is 3.84. The van der Waals surface area contributed by atoms with Crippen LogP contribution in [0, 0.1) is 6.92 Å². The molecule has 128 valence electrons. The third-order valence-electron chi connectivity index (χ3n) is 4.22. The first-order valence-corrected chi connectivity index (χ1v) is 8.12. The zero-order valence-electron chi connectivity index (χ0n) is 14.0. The molecule has 2 nitrogen and oxygen atoms in total. The minimum atomic E-state index is -2.61. The minimum absolute atomic E-state index is 0.141. The van der Waals surface area contributed by atoms with E-state index in [9.17, 15) is 18.7 Å². The Morgan fingerprint density at radius 3 is 2.71 bits per heavy atom. The van der Waals surface area contributed by atoms with Crippen molar-refractivity contribution < 1.29 is 18.7 Å². The smallest absolute Gasteiger partial charge is 0.335 e. The summed E-state index contributed by atoms with van der Waals surface area (Å²) < 4.78 is 26.7. The Morgan fingerprint density at radius 2 is 2.12 bits per heavy atom. The quantitative estimate of drug-likeness (QED) is 0.560. The van der Waals surface area contributed by atoms with E-state index in [1.54, 1.807) is 24.3 Å². The molecule has 24 heavy (non-hydrogen) atoms. The summed E-state index contributed by atoms with van der Waals surface area (Å²) in [7, 11) is 0. The molecule has 0 saturated heterocycles. The van der Waals surface area contributed by atoms with Crippen LogP contribution in [-0.2, 0) is 4.79 Å². The Hall–Kier alpha value is -2.23. The molecule has 1 aromatic rings. The summed E-state index contributed by atoms with van der Waals surface area (Å²) in [6.07, 6.45) is 7.34. The molecular weight excluding hydrogens is 310 g/mol. The van der Waals surface area contributed by atoms with Crippen LogP contribution in [0.25, 0.3) is 11.6 Å². The lowest BCUT2D eigenvalue weighted by atomic mass is 9.87. The molecule has 0 bridgehead atoms. The summed E-state index contributed by atoms with van der Waals surface area (Å²) in [6, 6.07) is 5.59. The van der Waals surface area contributed by atoms with Crippen molar-refractivity contribution in [2.24, 2.45) is 0 Å². The van der Waals surface area contributed by atoms with E-state index in [1.165, 1.54) is 0 Å². The predicted octanol–water partition coefficient (Wildman–Crippen LogP) is 5.63. The van der Waals surface area contributed by atoms with Crippen LogP contribution >= 0.6 is 0 Å². The summed E-state index contributed by atoms with van der Waals surface area (Å²) >= 11 is 0. The lowest BCUT2D eigenvalue weighted by Crippen LogP contribution is -2.18. The highest BCUT2D eigenvalue weighted by Crippen LogP contribution is 2.37. The molecular formula is C20H22F2O2. The molecule has 0 heterocycles. The molecule has 1 aliphatic carbocycles. The summed E-state index contributed by atoms with van der Waals surface area (Å²) in [5, 5.41) is 9.31. The van der Waals surface area contributed by atoms with Gasteiger partial charge in [0.05, 0.1) is 5.57 Å². The number of rotatable bonds is 5. The Labute approximate surface area is 141 Å². The van der Waals surface area contributed by atoms with Crippen LogP contribution < -0.4 is 0 Å². The SMILES string of the molecule is CC/C=C/C(=C\c1cccc(C2=CCC(F)(F)CC2)c1C)C(=O)O. The fourth-order valence-corrected chi connectivity index (χ4v) is 2.79. The number of carbonyl (C=O) groups is 1. The van der Waals surface area contributed by atoms with Crippen molar-refractivity contribution in [1.29, 1.82) is 0 Å². The van der Waals surface area contributed by atoms with E-state index in [-0.39, 0.29) is 18.4 Å². The number of allylic oxidation sites excluding steroid dienone is 3. The van der Waals surface area contributed by atoms with Gasteiger partial charge in [-0.3, -0.25) is 0 Å². The van der Waals surface area contributed by atoms with Crippen molar-refractivity contribution in [2.45, 2.75) is 45.5 Å². The molecule has 4 heteroatoms. The predicted molar refractivity (Wildman–Crippen MR) is 93.0 cm³/mol. The molecule has 0 aromatic heterocycles. The van der Waals surface area contributed by atoms with Gasteiger partial charge in [0.25, 0.3) is 5.92 Å². The van der Waals surface area contributed by atoms with Crippen molar-refractivity contribution in [3.05, 3.63) is 58.7 Å². The molecule has 0 aliphatic heterocycles. The number of aliphatic carboxylic acids is 1. The van der Waals surface area contributed by atoms with Gasteiger partial charge in [0.1, 0.15) is 0 Å². The molecule has 1 aromatic carbocycles. The first-order chi connectivity index (χ1) is 11.3. The first kappa shape index (κ1) is 18.1. The zero-order valence-corrected chi connectivity index (χ0v) is 14.0. The van der Waals surface area contributed by atoms with E-state index in [2.05, 4.69) is 0 Å². The Balaban J connectivity index is 2.39. The number of alkyl halides is 2. The van der Waals surface area contributed by atoms with Gasteiger partial charge < -0.3 is 5.11 Å². The van der Waals surface area contributed by atoms with Crippen molar-refractivity contribution in [2.75, 3.05) is 0 Å². The lowest BCUT2D eigenvalue weighted by molar-refractivity contribution is -0.132. The van der Waals surface area contributed by atoms with Crippen molar-refractivity contribution in [1.82, 2.24) is 0 Å². The molecule has 1 N–H and O–H groups in total. The first-order valence-electron chi connectivity index (χ1n) is 8.12. The monoisotopic (exact) mass is 332 g/mol. The Morgan fingerprint density at radius 1 is 1.38 bits per heavy atom. The summed E-state index contributed by atoms with van der Waals surface area (Å²) in [5.41, 5.74) is 3.75. The topological polar surface area (TPSA) is 37.3 Å². The highest BCUT2D eigenvalue weighted by Gasteiger charge is 2.31. The van der Waals surface area contributed by atoms with E-state index in [0.29, 0.717) is 6.42 Å². The second kappa shape index (κ2) is 7.56. The second-order valence-corrected chi connectivity index (χ2v) is 6.02. The molecule has 0 saturated carbocycles. The fourth-order valence-electron chi connectivity index (χ4n) is 2.79. The maximum atomic E-state index is 13.3. The van der Waals surface area contributed by atoms with Gasteiger partial charge in [-0.05, 0) is 48.1 Å². The lowest BCUT2D eigenvalue weighted by Gasteiger charge is -2.23. The molecule has 0 atom stereocenters. The van der Waals surface area contributed by atoms with E-state index in [1.807, 2.05) is 32.0 Å². The van der Waals surface area contributed by atoms with Crippen LogP contribution in [-0.4, -0.2) is 17.0 Å². The Bertz CT molecular complexity index is 712. The van der Waals surface area contributed by atoms with Gasteiger partial charge in [-0.2, -0.15) is 0 Å². The largest absolute Gasteiger partial charge is 0.478 e. The van der Waals surface area contributed by atoms with Crippen molar-refractivity contribution in [3.63, 3.8) is 0 Å². The van der Waals surface area contributed by atoms with Gasteiger partial charge in [0.2, 0.25) is 0 Å². The summed E-state index contributed by atoms with van der Waals surface area (Å²) in [5.74, 6) is -3.60. The number of hydrogen-bond donors (Lipinski definition) is 1. The summed E-state index contributed by atoms with van der Waals surface area (Å²) in [4.78, 5) is 11.4. The maximum absolute atomic E-state index is 13.3. The van der Waals surface area contributed by atoms with E-state index < -0.39 is 11.9 Å². The third kappa shape index (κ3) is 4.40. The van der Waals surface area contributed by atoms with Gasteiger partial charge >= 0.3 is 5.97 Å². The van der Waals surface area contributed by atoms with Crippen LogP contribution in [0.4, 0.5) is 8.78 Å². The number of halogens is 2. The van der Waals surface area contributed by atoms with Crippen molar-refractivity contribution >= 4 is 17.6 Å². The van der Waals surface area contributed by atoms with Crippen molar-refractivity contribution in [3.8, 4) is 0 Å². The van der Waals surface area contributed by atoms with Crippen LogP contribution in [0.2, 0.25) is 0 Å². The normalized spacial score (nSPS) is 17.8. The molecule has 0 fully saturated rings. The maximum Gasteiger partial charge on any atom is 0.335 e. The fraction of sp³-hybridized carbons (Fsp3) is 0.350. The third-order valence-corrected chi connectivity index (χ3v) is 4.22. The Kier molecular flexibility index (Phi) is 5.71.